The van der Waals surface area contributed by atoms with Crippen LogP contribution in [0.25, 0.3) is 0 Å². The maximum absolute atomic E-state index is 11.5. The van der Waals surface area contributed by atoms with E-state index in [0.717, 1.165) is 0 Å². The van der Waals surface area contributed by atoms with Gasteiger partial charge >= 0.3 is 5.97 Å². The van der Waals surface area contributed by atoms with Crippen molar-refractivity contribution in [2.24, 2.45) is 5.73 Å². The highest BCUT2D eigenvalue weighted by Crippen LogP contribution is 2.15. The lowest BCUT2D eigenvalue weighted by atomic mass is 10.1. The summed E-state index contributed by atoms with van der Waals surface area (Å²) in [6, 6.07) is 5.58. The fourth-order valence-corrected chi connectivity index (χ4v) is 1.19. The van der Waals surface area contributed by atoms with Gasteiger partial charge in [-0.25, -0.2) is 4.79 Å². The van der Waals surface area contributed by atoms with E-state index in [-0.39, 0.29) is 17.2 Å². The minimum absolute atomic E-state index is 0.0548. The number of nitrogens with two attached hydrogens (primary N) is 1. The van der Waals surface area contributed by atoms with Crippen molar-refractivity contribution in [3.05, 3.63) is 29.8 Å². The number of hydrogen-bond acceptors (Lipinski definition) is 3. The number of benzene rings is 1. The number of rotatable bonds is 4. The van der Waals surface area contributed by atoms with Crippen LogP contribution in [0.1, 0.15) is 23.7 Å². The molecular weight excluding hydrogens is 208 g/mol. The summed E-state index contributed by atoms with van der Waals surface area (Å²) < 4.78 is 0. The van der Waals surface area contributed by atoms with Gasteiger partial charge in [0.05, 0.1) is 17.3 Å². The molecule has 16 heavy (non-hydrogen) atoms. The Kier molecular flexibility index (Phi) is 4.02. The molecule has 4 N–H and O–H groups in total. The largest absolute Gasteiger partial charge is 0.478 e. The van der Waals surface area contributed by atoms with Crippen LogP contribution in [0.4, 0.5) is 5.69 Å². The molecule has 5 heteroatoms. The maximum Gasteiger partial charge on any atom is 0.337 e. The molecule has 0 saturated heterocycles. The zero-order valence-corrected chi connectivity index (χ0v) is 8.93. The zero-order chi connectivity index (χ0) is 12.1. The lowest BCUT2D eigenvalue weighted by Gasteiger charge is -2.11. The lowest BCUT2D eigenvalue weighted by molar-refractivity contribution is -0.117. The van der Waals surface area contributed by atoms with Gasteiger partial charge in [0.25, 0.3) is 0 Å². The van der Waals surface area contributed by atoms with Crippen LogP contribution in [0.5, 0.6) is 0 Å². The molecule has 1 aromatic rings. The van der Waals surface area contributed by atoms with Gasteiger partial charge in [-0.2, -0.15) is 0 Å². The average molecular weight is 222 g/mol. The maximum atomic E-state index is 11.5. The molecule has 1 rings (SSSR count). The SMILES string of the molecule is CC[C@H](N)C(=O)Nc1ccccc1C(=O)O. The number of aromatic carboxylic acids is 1. The van der Waals surface area contributed by atoms with E-state index < -0.39 is 12.0 Å². The molecular formula is C11H14N2O3. The first kappa shape index (κ1) is 12.2. The van der Waals surface area contributed by atoms with Gasteiger partial charge in [-0.3, -0.25) is 4.79 Å². The second kappa shape index (κ2) is 5.27. The highest BCUT2D eigenvalue weighted by molar-refractivity contribution is 6.01. The van der Waals surface area contributed by atoms with E-state index in [4.69, 9.17) is 10.8 Å². The zero-order valence-electron chi connectivity index (χ0n) is 8.93. The van der Waals surface area contributed by atoms with Gasteiger partial charge in [-0.05, 0) is 18.6 Å². The van der Waals surface area contributed by atoms with E-state index in [2.05, 4.69) is 5.32 Å². The summed E-state index contributed by atoms with van der Waals surface area (Å²) in [7, 11) is 0. The minimum atomic E-state index is -1.08. The quantitative estimate of drug-likeness (QED) is 0.710. The highest BCUT2D eigenvalue weighted by atomic mass is 16.4. The van der Waals surface area contributed by atoms with Crippen molar-refractivity contribution in [3.8, 4) is 0 Å². The van der Waals surface area contributed by atoms with Crippen LogP contribution < -0.4 is 11.1 Å². The summed E-state index contributed by atoms with van der Waals surface area (Å²) in [5.74, 6) is -1.46. The molecule has 0 aliphatic rings. The first-order chi connectivity index (χ1) is 7.56. The molecule has 0 saturated carbocycles. The number of hydrogen-bond donors (Lipinski definition) is 3. The Bertz CT molecular complexity index is 404. The van der Waals surface area contributed by atoms with E-state index in [1.54, 1.807) is 19.1 Å². The molecule has 1 amide bonds. The van der Waals surface area contributed by atoms with E-state index in [1.807, 2.05) is 0 Å². The van der Waals surface area contributed by atoms with Crippen molar-refractivity contribution >= 4 is 17.6 Å². The standard InChI is InChI=1S/C11H14N2O3/c1-2-8(12)10(14)13-9-6-4-3-5-7(9)11(15)16/h3-6,8H,2,12H2,1H3,(H,13,14)(H,15,16)/t8-/m0/s1. The van der Waals surface area contributed by atoms with E-state index in [1.165, 1.54) is 12.1 Å². The van der Waals surface area contributed by atoms with Crippen LogP contribution in [0.2, 0.25) is 0 Å². The highest BCUT2D eigenvalue weighted by Gasteiger charge is 2.15. The van der Waals surface area contributed by atoms with Crippen molar-refractivity contribution in [2.45, 2.75) is 19.4 Å². The number of carbonyl (C=O) groups excluding carboxylic acids is 1. The van der Waals surface area contributed by atoms with Gasteiger partial charge in [0, 0.05) is 0 Å². The van der Waals surface area contributed by atoms with Gasteiger partial charge in [0.2, 0.25) is 5.91 Å². The fourth-order valence-electron chi connectivity index (χ4n) is 1.19. The molecule has 0 radical (unpaired) electrons. The van der Waals surface area contributed by atoms with Crippen LogP contribution in [0.3, 0.4) is 0 Å². The number of amides is 1. The van der Waals surface area contributed by atoms with Crippen molar-refractivity contribution in [1.82, 2.24) is 0 Å². The van der Waals surface area contributed by atoms with Crippen molar-refractivity contribution in [2.75, 3.05) is 5.32 Å². The van der Waals surface area contributed by atoms with Crippen LogP contribution in [0, 0.1) is 0 Å². The summed E-state index contributed by atoms with van der Waals surface area (Å²) in [5.41, 5.74) is 5.85. The number of carboxylic acid groups (broad SMARTS) is 1. The third-order valence-electron chi connectivity index (χ3n) is 2.19. The molecule has 0 aliphatic heterocycles. The van der Waals surface area contributed by atoms with E-state index in [9.17, 15) is 9.59 Å². The molecule has 0 spiro atoms. The molecule has 0 aromatic heterocycles. The van der Waals surface area contributed by atoms with Gasteiger partial charge in [-0.15, -0.1) is 0 Å². The molecule has 0 bridgehead atoms. The Labute approximate surface area is 93.3 Å². The second-order valence-electron chi connectivity index (χ2n) is 3.35. The van der Waals surface area contributed by atoms with Gasteiger partial charge in [0.1, 0.15) is 0 Å². The van der Waals surface area contributed by atoms with Crippen molar-refractivity contribution in [3.63, 3.8) is 0 Å². The number of carboxylic acids is 1. The Morgan fingerprint density at radius 2 is 2.06 bits per heavy atom. The first-order valence-corrected chi connectivity index (χ1v) is 4.95. The minimum Gasteiger partial charge on any atom is -0.478 e. The fraction of sp³-hybridized carbons (Fsp3) is 0.273. The molecule has 0 heterocycles. The van der Waals surface area contributed by atoms with E-state index >= 15 is 0 Å². The molecule has 1 aromatic carbocycles. The molecule has 1 atom stereocenters. The lowest BCUT2D eigenvalue weighted by Crippen LogP contribution is -2.35. The van der Waals surface area contributed by atoms with Crippen LogP contribution in [-0.2, 0) is 4.79 Å². The smallest absolute Gasteiger partial charge is 0.337 e. The third kappa shape index (κ3) is 2.80. The van der Waals surface area contributed by atoms with Crippen molar-refractivity contribution < 1.29 is 14.7 Å². The Morgan fingerprint density at radius 3 is 2.62 bits per heavy atom. The Hall–Kier alpha value is -1.88. The third-order valence-corrected chi connectivity index (χ3v) is 2.19. The molecule has 0 unspecified atom stereocenters. The monoisotopic (exact) mass is 222 g/mol. The molecule has 5 nitrogen and oxygen atoms in total. The topological polar surface area (TPSA) is 92.4 Å². The predicted molar refractivity (Wildman–Crippen MR) is 60.3 cm³/mol. The number of carbonyl (C=O) groups is 2. The van der Waals surface area contributed by atoms with Crippen molar-refractivity contribution in [1.29, 1.82) is 0 Å². The summed E-state index contributed by atoms with van der Waals surface area (Å²) >= 11 is 0. The molecule has 0 aliphatic carbocycles. The molecule has 0 fully saturated rings. The summed E-state index contributed by atoms with van der Waals surface area (Å²) in [6.07, 6.45) is 0.501. The number of anilines is 1. The predicted octanol–water partition coefficient (Wildman–Crippen LogP) is 1.06. The van der Waals surface area contributed by atoms with Gasteiger partial charge in [-0.1, -0.05) is 19.1 Å². The number of para-hydroxylation sites is 1. The summed E-state index contributed by atoms with van der Waals surface area (Å²) in [4.78, 5) is 22.3. The molecule has 86 valence electrons. The second-order valence-corrected chi connectivity index (χ2v) is 3.35. The Morgan fingerprint density at radius 1 is 1.44 bits per heavy atom. The Balaban J connectivity index is 2.89. The van der Waals surface area contributed by atoms with Crippen LogP contribution in [0.15, 0.2) is 24.3 Å². The first-order valence-electron chi connectivity index (χ1n) is 4.95. The summed E-state index contributed by atoms with van der Waals surface area (Å²) in [6.45, 7) is 1.79. The number of nitrogens with one attached hydrogen (secondary N) is 1. The van der Waals surface area contributed by atoms with Crippen LogP contribution >= 0.6 is 0 Å². The summed E-state index contributed by atoms with van der Waals surface area (Å²) in [5, 5.41) is 11.4. The van der Waals surface area contributed by atoms with Crippen LogP contribution in [-0.4, -0.2) is 23.0 Å². The van der Waals surface area contributed by atoms with Gasteiger partial charge < -0.3 is 16.2 Å². The average Bonchev–Trinajstić information content (AvgIpc) is 2.28. The van der Waals surface area contributed by atoms with E-state index in [0.29, 0.717) is 6.42 Å². The van der Waals surface area contributed by atoms with Gasteiger partial charge in [0.15, 0.2) is 0 Å². The normalized spacial score (nSPS) is 11.9.